The Kier molecular flexibility index (Phi) is 6.98. The van der Waals surface area contributed by atoms with Crippen molar-refractivity contribution in [2.45, 2.75) is 38.8 Å². The molecule has 2 aliphatic rings. The van der Waals surface area contributed by atoms with Crippen LogP contribution in [0.2, 0.25) is 0 Å². The van der Waals surface area contributed by atoms with Crippen molar-refractivity contribution in [2.24, 2.45) is 7.05 Å². The Hall–Kier alpha value is -3.33. The van der Waals surface area contributed by atoms with Gasteiger partial charge in [0.15, 0.2) is 11.6 Å². The molecule has 0 saturated carbocycles. The van der Waals surface area contributed by atoms with Gasteiger partial charge in [-0.05, 0) is 71.1 Å². The fourth-order valence-corrected chi connectivity index (χ4v) is 5.30. The predicted molar refractivity (Wildman–Crippen MR) is 145 cm³/mol. The maximum absolute atomic E-state index is 15.1. The number of ether oxygens (including phenoxy) is 1. The maximum Gasteiger partial charge on any atom is 0.207 e. The summed E-state index contributed by atoms with van der Waals surface area (Å²) in [5.41, 5.74) is 3.27. The smallest absolute Gasteiger partial charge is 0.207 e. The zero-order valence-electron chi connectivity index (χ0n) is 22.3. The van der Waals surface area contributed by atoms with Crippen molar-refractivity contribution in [1.29, 1.82) is 0 Å². The van der Waals surface area contributed by atoms with Crippen LogP contribution in [-0.2, 0) is 7.05 Å². The van der Waals surface area contributed by atoms with Crippen LogP contribution in [0.5, 0.6) is 5.75 Å². The summed E-state index contributed by atoms with van der Waals surface area (Å²) in [4.78, 5) is 11.2. The van der Waals surface area contributed by atoms with E-state index in [4.69, 9.17) is 9.72 Å². The zero-order chi connectivity index (χ0) is 26.3. The molecule has 0 unspecified atom stereocenters. The molecule has 1 N–H and O–H groups in total. The van der Waals surface area contributed by atoms with Crippen LogP contribution >= 0.6 is 0 Å². The third kappa shape index (κ3) is 5.09. The minimum Gasteiger partial charge on any atom is -0.486 e. The molecule has 3 heterocycles. The molecule has 0 amide bonds. The molecule has 1 aromatic heterocycles. The van der Waals surface area contributed by atoms with Crippen LogP contribution in [-0.4, -0.2) is 66.9 Å². The average Bonchev–Trinajstić information content (AvgIpc) is 3.23. The van der Waals surface area contributed by atoms with Gasteiger partial charge in [-0.1, -0.05) is 0 Å². The minimum absolute atomic E-state index is 0.218. The molecule has 0 radical (unpaired) electrons. The minimum atomic E-state index is -0.398. The lowest BCUT2D eigenvalue weighted by Crippen LogP contribution is -2.42. The van der Waals surface area contributed by atoms with Gasteiger partial charge in [0.05, 0.1) is 23.6 Å². The van der Waals surface area contributed by atoms with Gasteiger partial charge >= 0.3 is 0 Å². The number of hydrogen-bond donors (Lipinski definition) is 1. The molecule has 0 aliphatic carbocycles. The Morgan fingerprint density at radius 2 is 1.78 bits per heavy atom. The largest absolute Gasteiger partial charge is 0.486 e. The van der Waals surface area contributed by atoms with E-state index in [2.05, 4.69) is 48.0 Å². The molecule has 1 fully saturated rings. The molecule has 7 nitrogen and oxygen atoms in total. The lowest BCUT2D eigenvalue weighted by atomic mass is 10.0. The highest BCUT2D eigenvalue weighted by Gasteiger charge is 2.26. The Morgan fingerprint density at radius 3 is 2.46 bits per heavy atom. The van der Waals surface area contributed by atoms with Gasteiger partial charge in [-0.15, -0.1) is 0 Å². The predicted octanol–water partition coefficient (Wildman–Crippen LogP) is 5.25. The van der Waals surface area contributed by atoms with E-state index in [1.807, 2.05) is 36.0 Å². The van der Waals surface area contributed by atoms with Crippen molar-refractivity contribution in [2.75, 3.05) is 55.5 Å². The first-order valence-electron chi connectivity index (χ1n) is 13.0. The van der Waals surface area contributed by atoms with Crippen LogP contribution in [0.15, 0.2) is 36.5 Å². The summed E-state index contributed by atoms with van der Waals surface area (Å²) >= 11 is 0. The Bertz CT molecular complexity index is 1270. The van der Waals surface area contributed by atoms with Crippen LogP contribution in [0.1, 0.15) is 26.7 Å². The first-order valence-corrected chi connectivity index (χ1v) is 13.0. The third-order valence-electron chi connectivity index (χ3n) is 7.45. The number of benzene rings is 2. The Morgan fingerprint density at radius 1 is 1.03 bits per heavy atom. The Labute approximate surface area is 217 Å². The van der Waals surface area contributed by atoms with Crippen LogP contribution < -0.4 is 19.9 Å². The maximum atomic E-state index is 15.1. The monoisotopic (exact) mass is 510 g/mol. The Balaban J connectivity index is 1.35. The molecule has 5 rings (SSSR count). The lowest BCUT2D eigenvalue weighted by Gasteiger charge is -2.36. The number of aromatic nitrogens is 2. The van der Waals surface area contributed by atoms with E-state index in [1.54, 1.807) is 0 Å². The van der Waals surface area contributed by atoms with E-state index in [-0.39, 0.29) is 11.9 Å². The highest BCUT2D eigenvalue weighted by atomic mass is 19.1. The molecular formula is C28H36F2N6O. The molecule has 9 heteroatoms. The highest BCUT2D eigenvalue weighted by Crippen LogP contribution is 2.39. The number of piperidine rings is 1. The molecular weight excluding hydrogens is 474 g/mol. The first-order chi connectivity index (χ1) is 17.7. The number of rotatable bonds is 6. The second-order valence-corrected chi connectivity index (χ2v) is 10.5. The van der Waals surface area contributed by atoms with E-state index in [1.165, 1.54) is 12.1 Å². The van der Waals surface area contributed by atoms with E-state index in [0.29, 0.717) is 53.5 Å². The summed E-state index contributed by atoms with van der Waals surface area (Å²) in [6.07, 6.45) is 3.88. The summed E-state index contributed by atoms with van der Waals surface area (Å²) in [5.74, 6) is 0.182. The van der Waals surface area contributed by atoms with Crippen molar-refractivity contribution in [3.05, 3.63) is 48.2 Å². The van der Waals surface area contributed by atoms with Crippen LogP contribution in [0.25, 0.3) is 11.3 Å². The van der Waals surface area contributed by atoms with Gasteiger partial charge in [0.2, 0.25) is 5.95 Å². The van der Waals surface area contributed by atoms with Gasteiger partial charge in [-0.3, -0.25) is 0 Å². The average molecular weight is 511 g/mol. The highest BCUT2D eigenvalue weighted by molar-refractivity contribution is 5.73. The number of aryl methyl sites for hydroxylation is 1. The fraction of sp³-hybridized carbons (Fsp3) is 0.464. The van der Waals surface area contributed by atoms with Gasteiger partial charge in [-0.2, -0.15) is 0 Å². The fourth-order valence-electron chi connectivity index (χ4n) is 5.30. The van der Waals surface area contributed by atoms with Gasteiger partial charge in [0.25, 0.3) is 0 Å². The molecule has 3 aromatic rings. The van der Waals surface area contributed by atoms with Gasteiger partial charge < -0.3 is 29.3 Å². The van der Waals surface area contributed by atoms with Gasteiger partial charge in [0, 0.05) is 49.7 Å². The van der Waals surface area contributed by atoms with E-state index in [9.17, 15) is 4.39 Å². The second-order valence-electron chi connectivity index (χ2n) is 10.5. The number of halogens is 2. The van der Waals surface area contributed by atoms with Gasteiger partial charge in [0.1, 0.15) is 12.4 Å². The summed E-state index contributed by atoms with van der Waals surface area (Å²) in [5, 5.41) is 3.22. The molecule has 0 atom stereocenters. The van der Waals surface area contributed by atoms with Crippen molar-refractivity contribution in [3.8, 4) is 17.0 Å². The number of hydrogen-bond acceptors (Lipinski definition) is 6. The van der Waals surface area contributed by atoms with E-state index < -0.39 is 5.82 Å². The van der Waals surface area contributed by atoms with E-state index in [0.717, 1.165) is 31.6 Å². The van der Waals surface area contributed by atoms with Gasteiger partial charge in [-0.25, -0.2) is 13.8 Å². The summed E-state index contributed by atoms with van der Waals surface area (Å²) in [6.45, 7) is 7.01. The summed E-state index contributed by atoms with van der Waals surface area (Å²) < 4.78 is 37.5. The van der Waals surface area contributed by atoms with Crippen LogP contribution in [0.4, 0.5) is 31.8 Å². The number of nitrogens with zero attached hydrogens (tertiary/aromatic N) is 5. The molecule has 198 valence electrons. The molecule has 2 aromatic carbocycles. The summed E-state index contributed by atoms with van der Waals surface area (Å²) in [7, 11) is 6.05. The molecule has 0 spiro atoms. The number of fused-ring (bicyclic) bond motifs is 1. The van der Waals surface area contributed by atoms with Crippen molar-refractivity contribution in [1.82, 2.24) is 14.5 Å². The number of imidazole rings is 1. The topological polar surface area (TPSA) is 48.8 Å². The van der Waals surface area contributed by atoms with Crippen LogP contribution in [0, 0.1) is 11.6 Å². The SMILES string of the molecule is CC(C)N1CCOc2c(F)cc(-c3cn(C)c(Nc4ccc(N5CCC(N(C)C)CC5)c(F)c4)n3)cc21. The summed E-state index contributed by atoms with van der Waals surface area (Å²) in [6, 6.07) is 9.37. The molecule has 2 aliphatic heterocycles. The number of anilines is 4. The molecule has 0 bridgehead atoms. The quantitative estimate of drug-likeness (QED) is 0.489. The standard InChI is InChI=1S/C28H36F2N6O/c1-18(2)36-12-13-37-27-23(30)14-19(15-26(27)36)24-17-34(5)28(32-24)31-20-6-7-25(22(29)16-20)35-10-8-21(9-11-35)33(3)4/h6-7,14-18,21H,8-13H2,1-5H3,(H,31,32). The zero-order valence-corrected chi connectivity index (χ0v) is 22.3. The normalized spacial score (nSPS) is 16.4. The first kappa shape index (κ1) is 25.3. The van der Waals surface area contributed by atoms with Crippen molar-refractivity contribution >= 4 is 23.0 Å². The lowest BCUT2D eigenvalue weighted by molar-refractivity contribution is 0.249. The second kappa shape index (κ2) is 10.2. The van der Waals surface area contributed by atoms with Crippen LogP contribution in [0.3, 0.4) is 0 Å². The molecule has 1 saturated heterocycles. The van der Waals surface area contributed by atoms with Crippen molar-refractivity contribution in [3.63, 3.8) is 0 Å². The van der Waals surface area contributed by atoms with E-state index >= 15 is 4.39 Å². The third-order valence-corrected chi connectivity index (χ3v) is 7.45. The molecule has 37 heavy (non-hydrogen) atoms. The van der Waals surface area contributed by atoms with Crippen molar-refractivity contribution < 1.29 is 13.5 Å². The number of nitrogens with one attached hydrogen (secondary N) is 1.